The molecule has 3 rings (SSSR count). The molecule has 0 radical (unpaired) electrons. The van der Waals surface area contributed by atoms with Crippen LogP contribution in [0.25, 0.3) is 10.8 Å². The Hall–Kier alpha value is -2.41. The minimum Gasteiger partial charge on any atom is -0.256 e. The van der Waals surface area contributed by atoms with Gasteiger partial charge in [0.05, 0.1) is 5.69 Å². The van der Waals surface area contributed by atoms with Crippen molar-refractivity contribution in [3.63, 3.8) is 0 Å². The first-order chi connectivity index (χ1) is 8.92. The second-order valence-electron chi connectivity index (χ2n) is 4.20. The maximum Gasteiger partial charge on any atom is 0.0629 e. The summed E-state index contributed by atoms with van der Waals surface area (Å²) < 4.78 is 0. The lowest BCUT2D eigenvalue weighted by Gasteiger charge is -1.98. The van der Waals surface area contributed by atoms with Gasteiger partial charge in [-0.25, -0.2) is 0 Å². The van der Waals surface area contributed by atoms with Crippen LogP contribution >= 0.6 is 0 Å². The van der Waals surface area contributed by atoms with Gasteiger partial charge in [0.2, 0.25) is 0 Å². The summed E-state index contributed by atoms with van der Waals surface area (Å²) in [5, 5.41) is 2.50. The second kappa shape index (κ2) is 4.84. The van der Waals surface area contributed by atoms with Crippen LogP contribution in [0.3, 0.4) is 0 Å². The molecule has 86 valence electrons. The molecule has 0 amide bonds. The third-order valence-electron chi connectivity index (χ3n) is 2.89. The minimum absolute atomic E-state index is 0.977. The molecule has 0 N–H and O–H groups in total. The molecule has 0 aliphatic heterocycles. The molecule has 0 heterocycles. The topological polar surface area (TPSA) is 12.4 Å². The molecule has 0 spiro atoms. The minimum atomic E-state index is 0.977. The lowest BCUT2D eigenvalue weighted by Crippen LogP contribution is -1.81. The Morgan fingerprint density at radius 3 is 2.22 bits per heavy atom. The molecule has 0 atom stereocenters. The molecule has 0 aliphatic carbocycles. The molecule has 1 nitrogen and oxygen atoms in total. The highest BCUT2D eigenvalue weighted by Gasteiger charge is 1.93. The summed E-state index contributed by atoms with van der Waals surface area (Å²) in [6, 6.07) is 24.7. The zero-order valence-electron chi connectivity index (χ0n) is 9.95. The highest BCUT2D eigenvalue weighted by atomic mass is 14.7. The summed E-state index contributed by atoms with van der Waals surface area (Å²) in [6.45, 7) is 0. The van der Waals surface area contributed by atoms with Gasteiger partial charge in [0, 0.05) is 6.21 Å². The Labute approximate surface area is 106 Å². The van der Waals surface area contributed by atoms with Gasteiger partial charge in [-0.1, -0.05) is 54.6 Å². The van der Waals surface area contributed by atoms with E-state index in [0.717, 1.165) is 11.3 Å². The molecule has 18 heavy (non-hydrogen) atoms. The lowest BCUT2D eigenvalue weighted by atomic mass is 10.1. The highest BCUT2D eigenvalue weighted by molar-refractivity contribution is 5.91. The van der Waals surface area contributed by atoms with Crippen molar-refractivity contribution in [2.45, 2.75) is 0 Å². The first-order valence-electron chi connectivity index (χ1n) is 6.00. The summed E-state index contributed by atoms with van der Waals surface area (Å²) in [6.07, 6.45) is 1.90. The number of rotatable bonds is 2. The Balaban J connectivity index is 1.93. The lowest BCUT2D eigenvalue weighted by molar-refractivity contribution is 1.53. The Bertz CT molecular complexity index is 684. The zero-order chi connectivity index (χ0) is 12.2. The van der Waals surface area contributed by atoms with Gasteiger partial charge in [0.1, 0.15) is 0 Å². The van der Waals surface area contributed by atoms with Crippen LogP contribution in [-0.4, -0.2) is 6.21 Å². The normalized spacial score (nSPS) is 11.1. The maximum absolute atomic E-state index is 4.46. The van der Waals surface area contributed by atoms with E-state index < -0.39 is 0 Å². The van der Waals surface area contributed by atoms with E-state index in [-0.39, 0.29) is 0 Å². The fraction of sp³-hybridized carbons (Fsp3) is 0. The van der Waals surface area contributed by atoms with E-state index in [1.165, 1.54) is 10.8 Å². The monoisotopic (exact) mass is 231 g/mol. The smallest absolute Gasteiger partial charge is 0.0629 e. The van der Waals surface area contributed by atoms with E-state index in [1.807, 2.05) is 36.5 Å². The molecule has 3 aromatic carbocycles. The van der Waals surface area contributed by atoms with Crippen LogP contribution in [0.15, 0.2) is 77.8 Å². The third kappa shape index (κ3) is 2.30. The van der Waals surface area contributed by atoms with E-state index >= 15 is 0 Å². The number of benzene rings is 3. The van der Waals surface area contributed by atoms with Crippen LogP contribution in [0.1, 0.15) is 5.56 Å². The number of aliphatic imine (C=N–C) groups is 1. The summed E-state index contributed by atoms with van der Waals surface area (Å²) in [5.41, 5.74) is 2.10. The average molecular weight is 231 g/mol. The third-order valence-corrected chi connectivity index (χ3v) is 2.89. The van der Waals surface area contributed by atoms with Gasteiger partial charge in [0.25, 0.3) is 0 Å². The zero-order valence-corrected chi connectivity index (χ0v) is 9.95. The summed E-state index contributed by atoms with van der Waals surface area (Å²) in [4.78, 5) is 4.46. The second-order valence-corrected chi connectivity index (χ2v) is 4.20. The summed E-state index contributed by atoms with van der Waals surface area (Å²) in [7, 11) is 0. The molecule has 1 heteroatoms. The van der Waals surface area contributed by atoms with Gasteiger partial charge in [-0.3, -0.25) is 4.99 Å². The van der Waals surface area contributed by atoms with E-state index in [2.05, 4.69) is 47.5 Å². The van der Waals surface area contributed by atoms with Gasteiger partial charge in [-0.15, -0.1) is 0 Å². The van der Waals surface area contributed by atoms with Gasteiger partial charge in [-0.05, 0) is 34.5 Å². The van der Waals surface area contributed by atoms with Crippen LogP contribution in [0.2, 0.25) is 0 Å². The van der Waals surface area contributed by atoms with Crippen molar-refractivity contribution in [1.29, 1.82) is 0 Å². The van der Waals surface area contributed by atoms with Crippen LogP contribution in [-0.2, 0) is 0 Å². The highest BCUT2D eigenvalue weighted by Crippen LogP contribution is 2.15. The van der Waals surface area contributed by atoms with E-state index in [0.29, 0.717) is 0 Å². The summed E-state index contributed by atoms with van der Waals surface area (Å²) in [5.74, 6) is 0. The van der Waals surface area contributed by atoms with Crippen LogP contribution in [0.5, 0.6) is 0 Å². The molecular weight excluding hydrogens is 218 g/mol. The van der Waals surface area contributed by atoms with Gasteiger partial charge in [0.15, 0.2) is 0 Å². The molecule has 0 saturated carbocycles. The number of para-hydroxylation sites is 1. The molecule has 0 saturated heterocycles. The van der Waals surface area contributed by atoms with Crippen molar-refractivity contribution >= 4 is 22.7 Å². The van der Waals surface area contributed by atoms with Gasteiger partial charge >= 0.3 is 0 Å². The molecular formula is C17H13N. The Morgan fingerprint density at radius 1 is 0.667 bits per heavy atom. The average Bonchev–Trinajstić information content (AvgIpc) is 2.46. The fourth-order valence-corrected chi connectivity index (χ4v) is 1.95. The first-order valence-corrected chi connectivity index (χ1v) is 6.00. The molecule has 0 unspecified atom stereocenters. The van der Waals surface area contributed by atoms with Crippen LogP contribution in [0, 0.1) is 0 Å². The van der Waals surface area contributed by atoms with Crippen molar-refractivity contribution < 1.29 is 0 Å². The van der Waals surface area contributed by atoms with Gasteiger partial charge < -0.3 is 0 Å². The van der Waals surface area contributed by atoms with Crippen molar-refractivity contribution in [3.05, 3.63) is 78.4 Å². The predicted molar refractivity (Wildman–Crippen MR) is 77.6 cm³/mol. The summed E-state index contributed by atoms with van der Waals surface area (Å²) >= 11 is 0. The van der Waals surface area contributed by atoms with Crippen molar-refractivity contribution in [1.82, 2.24) is 0 Å². The Kier molecular flexibility index (Phi) is 2.89. The van der Waals surface area contributed by atoms with Crippen LogP contribution < -0.4 is 0 Å². The maximum atomic E-state index is 4.46. The predicted octanol–water partition coefficient (Wildman–Crippen LogP) is 4.59. The number of fused-ring (bicyclic) bond motifs is 1. The number of hydrogen-bond acceptors (Lipinski definition) is 1. The standard InChI is InChI=1S/C17H13N/c1-2-8-17(9-3-1)18-13-14-10-11-15-6-4-5-7-16(15)12-14/h1-13H. The quantitative estimate of drug-likeness (QED) is 0.572. The fourth-order valence-electron chi connectivity index (χ4n) is 1.95. The molecule has 0 bridgehead atoms. The van der Waals surface area contributed by atoms with Crippen molar-refractivity contribution in [3.8, 4) is 0 Å². The molecule has 0 fully saturated rings. The van der Waals surface area contributed by atoms with E-state index in [4.69, 9.17) is 0 Å². The first kappa shape index (κ1) is 10.7. The Morgan fingerprint density at radius 2 is 1.39 bits per heavy atom. The van der Waals surface area contributed by atoms with E-state index in [9.17, 15) is 0 Å². The largest absolute Gasteiger partial charge is 0.256 e. The van der Waals surface area contributed by atoms with Crippen molar-refractivity contribution in [2.24, 2.45) is 4.99 Å². The SMILES string of the molecule is C(=Nc1ccccc1)c1ccc2ccccc2c1. The molecule has 0 aromatic heterocycles. The number of nitrogens with zero attached hydrogens (tertiary/aromatic N) is 1. The molecule has 3 aromatic rings. The van der Waals surface area contributed by atoms with Gasteiger partial charge in [-0.2, -0.15) is 0 Å². The number of hydrogen-bond donors (Lipinski definition) is 0. The van der Waals surface area contributed by atoms with E-state index in [1.54, 1.807) is 0 Å². The van der Waals surface area contributed by atoms with Crippen LogP contribution in [0.4, 0.5) is 5.69 Å². The molecule has 0 aliphatic rings. The van der Waals surface area contributed by atoms with Crippen molar-refractivity contribution in [2.75, 3.05) is 0 Å².